The van der Waals surface area contributed by atoms with Crippen molar-refractivity contribution in [3.63, 3.8) is 0 Å². The van der Waals surface area contributed by atoms with Crippen LogP contribution in [0.1, 0.15) is 37.0 Å². The van der Waals surface area contributed by atoms with Crippen molar-refractivity contribution in [3.05, 3.63) is 36.0 Å². The minimum Gasteiger partial charge on any atom is -0.338 e. The summed E-state index contributed by atoms with van der Waals surface area (Å²) in [6.07, 6.45) is 3.06. The minimum atomic E-state index is -0.109. The van der Waals surface area contributed by atoms with Crippen LogP contribution in [0.25, 0.3) is 11.0 Å². The number of hydrogen-bond donors (Lipinski definition) is 2. The van der Waals surface area contributed by atoms with Crippen LogP contribution in [0, 0.1) is 6.92 Å². The van der Waals surface area contributed by atoms with E-state index in [0.29, 0.717) is 17.7 Å². The van der Waals surface area contributed by atoms with Crippen LogP contribution in [0.2, 0.25) is 0 Å². The summed E-state index contributed by atoms with van der Waals surface area (Å²) >= 11 is 0. The number of amides is 1. The molecule has 0 aliphatic carbocycles. The first-order valence-corrected chi connectivity index (χ1v) is 8.48. The summed E-state index contributed by atoms with van der Waals surface area (Å²) in [6.45, 7) is 2.90. The fourth-order valence-corrected chi connectivity index (χ4v) is 3.28. The standard InChI is InChI=1S/C17H20N6O2/c1-11-18-16(25-22-11)14-8-4-5-9-23(14)10-15(24)21-17-19-12-6-2-3-7-13(12)20-17/h2-3,6-7,14H,4-5,8-10H2,1H3,(H2,19,20,21,24)/t14-/m0/s1. The predicted octanol–water partition coefficient (Wildman–Crippen LogP) is 2.42. The molecule has 1 fully saturated rings. The van der Waals surface area contributed by atoms with E-state index in [0.717, 1.165) is 36.8 Å². The van der Waals surface area contributed by atoms with Crippen LogP contribution in [0.5, 0.6) is 0 Å². The molecule has 1 aliphatic rings. The molecule has 3 aromatic rings. The molecular formula is C17H20N6O2. The third-order valence-corrected chi connectivity index (χ3v) is 4.44. The molecule has 8 heteroatoms. The number of aryl methyl sites for hydroxylation is 1. The third kappa shape index (κ3) is 3.39. The van der Waals surface area contributed by atoms with Gasteiger partial charge in [0.1, 0.15) is 0 Å². The number of nitrogens with one attached hydrogen (secondary N) is 2. The molecular weight excluding hydrogens is 320 g/mol. The highest BCUT2D eigenvalue weighted by Crippen LogP contribution is 2.29. The fraction of sp³-hybridized carbons (Fsp3) is 0.412. The first-order valence-electron chi connectivity index (χ1n) is 8.48. The van der Waals surface area contributed by atoms with Gasteiger partial charge in [-0.2, -0.15) is 4.98 Å². The maximum Gasteiger partial charge on any atom is 0.243 e. The fourth-order valence-electron chi connectivity index (χ4n) is 3.28. The van der Waals surface area contributed by atoms with Gasteiger partial charge in [-0.1, -0.05) is 23.7 Å². The maximum absolute atomic E-state index is 12.5. The van der Waals surface area contributed by atoms with E-state index in [9.17, 15) is 4.79 Å². The van der Waals surface area contributed by atoms with Gasteiger partial charge in [0, 0.05) is 0 Å². The van der Waals surface area contributed by atoms with E-state index in [1.807, 2.05) is 24.3 Å². The molecule has 0 saturated carbocycles. The van der Waals surface area contributed by atoms with Gasteiger partial charge in [-0.3, -0.25) is 15.0 Å². The number of rotatable bonds is 4. The average Bonchev–Trinajstić information content (AvgIpc) is 3.20. The first-order chi connectivity index (χ1) is 12.2. The van der Waals surface area contributed by atoms with Crippen LogP contribution in [0.3, 0.4) is 0 Å². The molecule has 2 N–H and O–H groups in total. The second kappa shape index (κ2) is 6.64. The monoisotopic (exact) mass is 340 g/mol. The number of hydrogen-bond acceptors (Lipinski definition) is 6. The molecule has 1 aliphatic heterocycles. The summed E-state index contributed by atoms with van der Waals surface area (Å²) in [4.78, 5) is 26.4. The Balaban J connectivity index is 1.44. The van der Waals surface area contributed by atoms with Crippen molar-refractivity contribution in [2.45, 2.75) is 32.2 Å². The van der Waals surface area contributed by atoms with Gasteiger partial charge in [0.2, 0.25) is 17.7 Å². The molecule has 0 unspecified atom stereocenters. The van der Waals surface area contributed by atoms with Crippen molar-refractivity contribution in [2.24, 2.45) is 0 Å². The van der Waals surface area contributed by atoms with E-state index in [4.69, 9.17) is 4.52 Å². The lowest BCUT2D eigenvalue weighted by Crippen LogP contribution is -2.39. The van der Waals surface area contributed by atoms with Crippen LogP contribution < -0.4 is 5.32 Å². The van der Waals surface area contributed by atoms with Crippen molar-refractivity contribution in [2.75, 3.05) is 18.4 Å². The van der Waals surface area contributed by atoms with Gasteiger partial charge in [0.15, 0.2) is 5.82 Å². The van der Waals surface area contributed by atoms with Crippen molar-refractivity contribution < 1.29 is 9.32 Å². The zero-order valence-electron chi connectivity index (χ0n) is 14.0. The zero-order chi connectivity index (χ0) is 17.2. The van der Waals surface area contributed by atoms with Crippen molar-refractivity contribution in [1.82, 2.24) is 25.0 Å². The molecule has 0 radical (unpaired) electrons. The Kier molecular flexibility index (Phi) is 4.19. The van der Waals surface area contributed by atoms with Crippen molar-refractivity contribution in [3.8, 4) is 0 Å². The third-order valence-electron chi connectivity index (χ3n) is 4.44. The Bertz CT molecular complexity index is 853. The summed E-state index contributed by atoms with van der Waals surface area (Å²) in [5.41, 5.74) is 1.73. The molecule has 0 spiro atoms. The van der Waals surface area contributed by atoms with E-state index in [2.05, 4.69) is 30.3 Å². The van der Waals surface area contributed by atoms with Gasteiger partial charge < -0.3 is 9.51 Å². The number of carbonyl (C=O) groups excluding carboxylic acids is 1. The average molecular weight is 340 g/mol. The summed E-state index contributed by atoms with van der Waals surface area (Å²) < 4.78 is 5.32. The Morgan fingerprint density at radius 2 is 2.24 bits per heavy atom. The number of fused-ring (bicyclic) bond motifs is 1. The highest BCUT2D eigenvalue weighted by molar-refractivity contribution is 5.92. The number of para-hydroxylation sites is 2. The number of likely N-dealkylation sites (tertiary alicyclic amines) is 1. The van der Waals surface area contributed by atoms with Gasteiger partial charge in [-0.25, -0.2) is 4.98 Å². The highest BCUT2D eigenvalue weighted by Gasteiger charge is 2.29. The Labute approximate surface area is 144 Å². The molecule has 1 saturated heterocycles. The van der Waals surface area contributed by atoms with Crippen LogP contribution >= 0.6 is 0 Å². The summed E-state index contributed by atoms with van der Waals surface area (Å²) in [6, 6.07) is 7.67. The molecule has 1 amide bonds. The molecule has 3 heterocycles. The number of nitrogens with zero attached hydrogens (tertiary/aromatic N) is 4. The lowest BCUT2D eigenvalue weighted by Gasteiger charge is -2.32. The van der Waals surface area contributed by atoms with E-state index < -0.39 is 0 Å². The minimum absolute atomic E-state index is 0.00336. The smallest absolute Gasteiger partial charge is 0.243 e. The topological polar surface area (TPSA) is 99.9 Å². The molecule has 25 heavy (non-hydrogen) atoms. The molecule has 1 aromatic carbocycles. The predicted molar refractivity (Wildman–Crippen MR) is 91.9 cm³/mol. The number of aromatic nitrogens is 4. The van der Waals surface area contributed by atoms with Crippen LogP contribution in [0.4, 0.5) is 5.95 Å². The van der Waals surface area contributed by atoms with Crippen LogP contribution in [0.15, 0.2) is 28.8 Å². The summed E-state index contributed by atoms with van der Waals surface area (Å²) in [7, 11) is 0. The SMILES string of the molecule is Cc1noc([C@@H]2CCCCN2CC(=O)Nc2nc3ccccc3[nH]2)n1. The maximum atomic E-state index is 12.5. The number of benzene rings is 1. The van der Waals surface area contributed by atoms with E-state index in [-0.39, 0.29) is 18.5 Å². The molecule has 1 atom stereocenters. The number of H-pyrrole nitrogens is 1. The van der Waals surface area contributed by atoms with Crippen LogP contribution in [-0.4, -0.2) is 44.0 Å². The Hall–Kier alpha value is -2.74. The molecule has 4 rings (SSSR count). The van der Waals surface area contributed by atoms with Crippen LogP contribution in [-0.2, 0) is 4.79 Å². The number of carbonyl (C=O) groups is 1. The molecule has 8 nitrogen and oxygen atoms in total. The van der Waals surface area contributed by atoms with Crippen molar-refractivity contribution in [1.29, 1.82) is 0 Å². The quantitative estimate of drug-likeness (QED) is 0.756. The lowest BCUT2D eigenvalue weighted by molar-refractivity contribution is -0.118. The lowest BCUT2D eigenvalue weighted by atomic mass is 10.0. The molecule has 130 valence electrons. The molecule has 0 bridgehead atoms. The number of aromatic amines is 1. The second-order valence-corrected chi connectivity index (χ2v) is 6.31. The molecule has 2 aromatic heterocycles. The number of piperidine rings is 1. The first kappa shape index (κ1) is 15.8. The summed E-state index contributed by atoms with van der Waals surface area (Å²) in [5, 5.41) is 6.71. The largest absolute Gasteiger partial charge is 0.338 e. The van der Waals surface area contributed by atoms with Gasteiger partial charge in [-0.15, -0.1) is 0 Å². The summed E-state index contributed by atoms with van der Waals surface area (Å²) in [5.74, 6) is 1.57. The number of anilines is 1. The van der Waals surface area contributed by atoms with Crippen molar-refractivity contribution >= 4 is 22.9 Å². The van der Waals surface area contributed by atoms with Gasteiger partial charge in [0.05, 0.1) is 23.6 Å². The van der Waals surface area contributed by atoms with Gasteiger partial charge in [-0.05, 0) is 38.4 Å². The van der Waals surface area contributed by atoms with E-state index >= 15 is 0 Å². The second-order valence-electron chi connectivity index (χ2n) is 6.31. The van der Waals surface area contributed by atoms with Gasteiger partial charge >= 0.3 is 0 Å². The van der Waals surface area contributed by atoms with E-state index in [1.54, 1.807) is 6.92 Å². The zero-order valence-corrected chi connectivity index (χ0v) is 14.0. The Morgan fingerprint density at radius 3 is 3.04 bits per heavy atom. The highest BCUT2D eigenvalue weighted by atomic mass is 16.5. The number of imidazole rings is 1. The normalized spacial score (nSPS) is 18.5. The van der Waals surface area contributed by atoms with Gasteiger partial charge in [0.25, 0.3) is 0 Å². The Morgan fingerprint density at radius 1 is 1.36 bits per heavy atom. The van der Waals surface area contributed by atoms with E-state index in [1.165, 1.54) is 0 Å².